The Morgan fingerprint density at radius 3 is 2.63 bits per heavy atom. The molecule has 0 aliphatic carbocycles. The van der Waals surface area contributed by atoms with E-state index in [9.17, 15) is 9.18 Å². The van der Waals surface area contributed by atoms with Gasteiger partial charge in [0.25, 0.3) is 0 Å². The second-order valence-electron chi connectivity index (χ2n) is 5.03. The van der Waals surface area contributed by atoms with Crippen LogP contribution < -0.4 is 10.6 Å². The summed E-state index contributed by atoms with van der Waals surface area (Å²) in [4.78, 5) is 11.9. The molecule has 2 N–H and O–H groups in total. The number of aryl methyl sites for hydroxylation is 1. The summed E-state index contributed by atoms with van der Waals surface area (Å²) in [5, 5.41) is 6.03. The van der Waals surface area contributed by atoms with Crippen molar-refractivity contribution < 1.29 is 9.18 Å². The Hall–Kier alpha value is -1.58. The summed E-state index contributed by atoms with van der Waals surface area (Å²) in [5.74, 6) is -0.276. The molecule has 0 aliphatic rings. The van der Waals surface area contributed by atoms with E-state index < -0.39 is 0 Å². The van der Waals surface area contributed by atoms with Crippen LogP contribution in [0.5, 0.6) is 0 Å². The Labute approximate surface area is 114 Å². The Morgan fingerprint density at radius 1 is 1.37 bits per heavy atom. The van der Waals surface area contributed by atoms with Crippen molar-refractivity contribution in [2.45, 2.75) is 52.6 Å². The fourth-order valence-corrected chi connectivity index (χ4v) is 1.92. The van der Waals surface area contributed by atoms with Crippen LogP contribution in [0.3, 0.4) is 0 Å². The van der Waals surface area contributed by atoms with E-state index >= 15 is 0 Å². The summed E-state index contributed by atoms with van der Waals surface area (Å²) in [6.45, 7) is 7.59. The molecule has 0 fully saturated rings. The number of hydrogen-bond acceptors (Lipinski definition) is 2. The summed E-state index contributed by atoms with van der Waals surface area (Å²) in [5.41, 5.74) is 1.32. The van der Waals surface area contributed by atoms with Crippen molar-refractivity contribution in [1.29, 1.82) is 0 Å². The van der Waals surface area contributed by atoms with Crippen molar-refractivity contribution in [2.24, 2.45) is 0 Å². The quantitative estimate of drug-likeness (QED) is 0.830. The van der Waals surface area contributed by atoms with Gasteiger partial charge in [-0.25, -0.2) is 4.39 Å². The first-order valence-electron chi connectivity index (χ1n) is 6.77. The van der Waals surface area contributed by atoms with Gasteiger partial charge in [0.1, 0.15) is 11.9 Å². The van der Waals surface area contributed by atoms with E-state index in [0.717, 1.165) is 18.5 Å². The predicted octanol–water partition coefficient (Wildman–Crippen LogP) is 3.24. The zero-order chi connectivity index (χ0) is 14.4. The van der Waals surface area contributed by atoms with Gasteiger partial charge in [0.15, 0.2) is 0 Å². The van der Waals surface area contributed by atoms with Crippen LogP contribution in [0.4, 0.5) is 10.1 Å². The minimum atomic E-state index is -0.343. The number of nitrogens with one attached hydrogen (secondary N) is 2. The van der Waals surface area contributed by atoms with Gasteiger partial charge in [-0.3, -0.25) is 4.79 Å². The summed E-state index contributed by atoms with van der Waals surface area (Å²) < 4.78 is 13.1. The van der Waals surface area contributed by atoms with E-state index in [1.165, 1.54) is 6.07 Å². The lowest BCUT2D eigenvalue weighted by Gasteiger charge is -2.19. The normalized spacial score (nSPS) is 13.7. The van der Waals surface area contributed by atoms with Gasteiger partial charge >= 0.3 is 0 Å². The largest absolute Gasteiger partial charge is 0.374 e. The van der Waals surface area contributed by atoms with Crippen LogP contribution in [-0.2, 0) is 4.79 Å². The van der Waals surface area contributed by atoms with Gasteiger partial charge in [-0.2, -0.15) is 0 Å². The molecule has 1 rings (SSSR count). The summed E-state index contributed by atoms with van der Waals surface area (Å²) in [7, 11) is 0. The number of amides is 1. The molecule has 0 aromatic heterocycles. The average Bonchev–Trinajstić information content (AvgIpc) is 2.34. The summed E-state index contributed by atoms with van der Waals surface area (Å²) in [6, 6.07) is 4.58. The molecule has 3 nitrogen and oxygen atoms in total. The van der Waals surface area contributed by atoms with E-state index in [-0.39, 0.29) is 23.8 Å². The van der Waals surface area contributed by atoms with Gasteiger partial charge in [-0.05, 0) is 51.0 Å². The van der Waals surface area contributed by atoms with Crippen LogP contribution in [0.1, 0.15) is 39.2 Å². The monoisotopic (exact) mass is 266 g/mol. The van der Waals surface area contributed by atoms with Gasteiger partial charge in [0.2, 0.25) is 5.91 Å². The maximum Gasteiger partial charge on any atom is 0.242 e. The predicted molar refractivity (Wildman–Crippen MR) is 76.7 cm³/mol. The zero-order valence-corrected chi connectivity index (χ0v) is 12.1. The topological polar surface area (TPSA) is 41.1 Å². The molecule has 2 unspecified atom stereocenters. The molecule has 1 amide bonds. The van der Waals surface area contributed by atoms with Crippen LogP contribution in [0.2, 0.25) is 0 Å². The first-order chi connectivity index (χ1) is 8.93. The molecule has 19 heavy (non-hydrogen) atoms. The van der Waals surface area contributed by atoms with Crippen molar-refractivity contribution in [3.8, 4) is 0 Å². The van der Waals surface area contributed by atoms with Crippen LogP contribution in [0, 0.1) is 12.7 Å². The van der Waals surface area contributed by atoms with Crippen molar-refractivity contribution in [3.63, 3.8) is 0 Å². The first-order valence-corrected chi connectivity index (χ1v) is 6.77. The van der Waals surface area contributed by atoms with E-state index in [1.807, 2.05) is 6.92 Å². The Bertz CT molecular complexity index is 434. The second-order valence-corrected chi connectivity index (χ2v) is 5.03. The SMILES string of the molecule is CCCC(C)NC(=O)C(C)Nc1ccc(F)c(C)c1. The van der Waals surface area contributed by atoms with E-state index in [0.29, 0.717) is 5.56 Å². The van der Waals surface area contributed by atoms with Gasteiger partial charge in [0, 0.05) is 11.7 Å². The Kier molecular flexibility index (Phi) is 5.80. The van der Waals surface area contributed by atoms with Crippen LogP contribution in [0.15, 0.2) is 18.2 Å². The smallest absolute Gasteiger partial charge is 0.242 e. The molecular weight excluding hydrogens is 243 g/mol. The molecule has 2 atom stereocenters. The number of hydrogen-bond donors (Lipinski definition) is 2. The van der Waals surface area contributed by atoms with Crippen molar-refractivity contribution in [2.75, 3.05) is 5.32 Å². The molecule has 4 heteroatoms. The molecule has 0 radical (unpaired) electrons. The van der Waals surface area contributed by atoms with E-state index in [4.69, 9.17) is 0 Å². The van der Waals surface area contributed by atoms with Crippen LogP contribution >= 0.6 is 0 Å². The zero-order valence-electron chi connectivity index (χ0n) is 12.1. The lowest BCUT2D eigenvalue weighted by molar-refractivity contribution is -0.122. The fraction of sp³-hybridized carbons (Fsp3) is 0.533. The third-order valence-electron chi connectivity index (χ3n) is 3.04. The molecule has 0 aliphatic heterocycles. The maximum absolute atomic E-state index is 13.1. The molecule has 106 valence electrons. The summed E-state index contributed by atoms with van der Waals surface area (Å²) >= 11 is 0. The van der Waals surface area contributed by atoms with Crippen molar-refractivity contribution >= 4 is 11.6 Å². The molecule has 0 bridgehead atoms. The van der Waals surface area contributed by atoms with Gasteiger partial charge in [-0.1, -0.05) is 13.3 Å². The average molecular weight is 266 g/mol. The molecule has 0 saturated carbocycles. The molecule has 1 aromatic carbocycles. The van der Waals surface area contributed by atoms with Crippen LogP contribution in [-0.4, -0.2) is 18.0 Å². The lowest BCUT2D eigenvalue weighted by Crippen LogP contribution is -2.42. The first kappa shape index (κ1) is 15.5. The molecule has 0 saturated heterocycles. The number of rotatable bonds is 6. The molecule has 0 heterocycles. The molecule has 0 spiro atoms. The van der Waals surface area contributed by atoms with Crippen molar-refractivity contribution in [3.05, 3.63) is 29.6 Å². The summed E-state index contributed by atoms with van der Waals surface area (Å²) in [6.07, 6.45) is 2.01. The fourth-order valence-electron chi connectivity index (χ4n) is 1.92. The van der Waals surface area contributed by atoms with Gasteiger partial charge in [0.05, 0.1) is 0 Å². The number of halogens is 1. The maximum atomic E-state index is 13.1. The second kappa shape index (κ2) is 7.12. The Balaban J connectivity index is 2.56. The minimum Gasteiger partial charge on any atom is -0.374 e. The molecule has 1 aromatic rings. The lowest BCUT2D eigenvalue weighted by atomic mass is 10.1. The highest BCUT2D eigenvalue weighted by Gasteiger charge is 2.14. The standard InChI is InChI=1S/C15H23FN2O/c1-5-6-11(3)17-15(19)12(4)18-13-7-8-14(16)10(2)9-13/h7-9,11-12,18H,5-6H2,1-4H3,(H,17,19). The van der Waals surface area contributed by atoms with E-state index in [1.54, 1.807) is 26.0 Å². The third-order valence-corrected chi connectivity index (χ3v) is 3.04. The number of carbonyl (C=O) groups excluding carboxylic acids is 1. The van der Waals surface area contributed by atoms with Crippen LogP contribution in [0.25, 0.3) is 0 Å². The highest BCUT2D eigenvalue weighted by Crippen LogP contribution is 2.14. The van der Waals surface area contributed by atoms with E-state index in [2.05, 4.69) is 17.6 Å². The van der Waals surface area contributed by atoms with Gasteiger partial charge in [-0.15, -0.1) is 0 Å². The van der Waals surface area contributed by atoms with Crippen molar-refractivity contribution in [1.82, 2.24) is 5.32 Å². The third kappa shape index (κ3) is 4.89. The Morgan fingerprint density at radius 2 is 2.05 bits per heavy atom. The molecular formula is C15H23FN2O. The minimum absolute atomic E-state index is 0.0390. The highest BCUT2D eigenvalue weighted by atomic mass is 19.1. The number of carbonyl (C=O) groups is 1. The highest BCUT2D eigenvalue weighted by molar-refractivity contribution is 5.84. The van der Waals surface area contributed by atoms with Gasteiger partial charge < -0.3 is 10.6 Å². The number of anilines is 1. The number of benzene rings is 1.